The van der Waals surface area contributed by atoms with E-state index in [-0.39, 0.29) is 11.9 Å². The van der Waals surface area contributed by atoms with Crippen LogP contribution in [0.5, 0.6) is 0 Å². The molecule has 3 nitrogen and oxygen atoms in total. The Bertz CT molecular complexity index is 590. The minimum atomic E-state index is -0.0654. The summed E-state index contributed by atoms with van der Waals surface area (Å²) in [6.07, 6.45) is 0. The molecule has 0 saturated heterocycles. The highest BCUT2D eigenvalue weighted by atomic mass is 16.1. The molecular formula is C17H20N2O. The summed E-state index contributed by atoms with van der Waals surface area (Å²) in [6.45, 7) is 4.53. The van der Waals surface area contributed by atoms with E-state index in [4.69, 9.17) is 5.73 Å². The fourth-order valence-electron chi connectivity index (χ4n) is 2.22. The molecule has 1 amide bonds. The van der Waals surface area contributed by atoms with Crippen molar-refractivity contribution >= 4 is 5.91 Å². The molecule has 0 heterocycles. The third-order valence-corrected chi connectivity index (χ3v) is 3.45. The van der Waals surface area contributed by atoms with E-state index >= 15 is 0 Å². The lowest BCUT2D eigenvalue weighted by Crippen LogP contribution is -2.27. The number of rotatable bonds is 4. The van der Waals surface area contributed by atoms with Gasteiger partial charge in [-0.15, -0.1) is 0 Å². The lowest BCUT2D eigenvalue weighted by Gasteiger charge is -2.16. The van der Waals surface area contributed by atoms with E-state index in [0.29, 0.717) is 12.1 Å². The number of benzene rings is 2. The number of aryl methyl sites for hydroxylation is 1. The molecule has 104 valence electrons. The van der Waals surface area contributed by atoms with Crippen LogP contribution in [-0.4, -0.2) is 5.91 Å². The quantitative estimate of drug-likeness (QED) is 0.895. The second kappa shape index (κ2) is 6.35. The first-order valence-corrected chi connectivity index (χ1v) is 6.77. The molecule has 2 aromatic carbocycles. The molecule has 0 spiro atoms. The molecule has 20 heavy (non-hydrogen) atoms. The molecule has 2 rings (SSSR count). The van der Waals surface area contributed by atoms with Gasteiger partial charge in [-0.05, 0) is 42.7 Å². The topological polar surface area (TPSA) is 55.1 Å². The van der Waals surface area contributed by atoms with Crippen LogP contribution in [0.25, 0.3) is 0 Å². The maximum atomic E-state index is 12.2. The predicted molar refractivity (Wildman–Crippen MR) is 81.4 cm³/mol. The molecule has 1 unspecified atom stereocenters. The zero-order valence-electron chi connectivity index (χ0n) is 11.9. The number of nitrogens with two attached hydrogens (primary N) is 1. The van der Waals surface area contributed by atoms with Crippen molar-refractivity contribution in [1.82, 2.24) is 5.32 Å². The molecule has 0 aliphatic rings. The van der Waals surface area contributed by atoms with Gasteiger partial charge >= 0.3 is 0 Å². The maximum Gasteiger partial charge on any atom is 0.251 e. The molecule has 1 atom stereocenters. The Morgan fingerprint density at radius 3 is 2.40 bits per heavy atom. The Kier molecular flexibility index (Phi) is 4.53. The summed E-state index contributed by atoms with van der Waals surface area (Å²) in [5, 5.41) is 3.02. The van der Waals surface area contributed by atoms with Gasteiger partial charge in [-0.2, -0.15) is 0 Å². The van der Waals surface area contributed by atoms with Crippen LogP contribution >= 0.6 is 0 Å². The average molecular weight is 268 g/mol. The van der Waals surface area contributed by atoms with Crippen molar-refractivity contribution in [3.8, 4) is 0 Å². The smallest absolute Gasteiger partial charge is 0.251 e. The van der Waals surface area contributed by atoms with Gasteiger partial charge in [0.2, 0.25) is 0 Å². The van der Waals surface area contributed by atoms with Crippen LogP contribution in [0.2, 0.25) is 0 Å². The van der Waals surface area contributed by atoms with Crippen molar-refractivity contribution in [2.24, 2.45) is 5.73 Å². The molecule has 0 radical (unpaired) electrons. The molecule has 0 fully saturated rings. The Morgan fingerprint density at radius 1 is 1.15 bits per heavy atom. The maximum absolute atomic E-state index is 12.2. The van der Waals surface area contributed by atoms with Crippen LogP contribution in [0.4, 0.5) is 0 Å². The molecule has 0 saturated carbocycles. The molecule has 0 aliphatic heterocycles. The standard InChI is InChI=1S/C17H20N2O/c1-12-5-3-4-6-16(12)13(2)19-17(20)15-9-7-14(11-18)8-10-15/h3-10,13H,11,18H2,1-2H3,(H,19,20). The highest BCUT2D eigenvalue weighted by molar-refractivity contribution is 5.94. The number of carbonyl (C=O) groups is 1. The monoisotopic (exact) mass is 268 g/mol. The largest absolute Gasteiger partial charge is 0.346 e. The highest BCUT2D eigenvalue weighted by Gasteiger charge is 2.12. The molecule has 2 aromatic rings. The lowest BCUT2D eigenvalue weighted by atomic mass is 10.0. The van der Waals surface area contributed by atoms with Crippen LogP contribution in [0.3, 0.4) is 0 Å². The van der Waals surface area contributed by atoms with Crippen molar-refractivity contribution in [3.63, 3.8) is 0 Å². The molecule has 0 aliphatic carbocycles. The van der Waals surface area contributed by atoms with Crippen molar-refractivity contribution in [1.29, 1.82) is 0 Å². The van der Waals surface area contributed by atoms with Gasteiger partial charge < -0.3 is 11.1 Å². The Balaban J connectivity index is 2.09. The van der Waals surface area contributed by atoms with Crippen molar-refractivity contribution in [2.45, 2.75) is 26.4 Å². The lowest BCUT2D eigenvalue weighted by molar-refractivity contribution is 0.0940. The van der Waals surface area contributed by atoms with Gasteiger partial charge in [0.1, 0.15) is 0 Å². The van der Waals surface area contributed by atoms with E-state index in [2.05, 4.69) is 5.32 Å². The summed E-state index contributed by atoms with van der Waals surface area (Å²) in [5.74, 6) is -0.0654. The van der Waals surface area contributed by atoms with Gasteiger partial charge in [0.25, 0.3) is 5.91 Å². The molecule has 0 aromatic heterocycles. The number of hydrogen-bond donors (Lipinski definition) is 2. The highest BCUT2D eigenvalue weighted by Crippen LogP contribution is 2.17. The number of nitrogens with one attached hydrogen (secondary N) is 1. The summed E-state index contributed by atoms with van der Waals surface area (Å²) in [6, 6.07) is 15.4. The molecular weight excluding hydrogens is 248 g/mol. The fourth-order valence-corrected chi connectivity index (χ4v) is 2.22. The number of hydrogen-bond acceptors (Lipinski definition) is 2. The summed E-state index contributed by atoms with van der Waals surface area (Å²) in [7, 11) is 0. The average Bonchev–Trinajstić information content (AvgIpc) is 2.47. The first-order valence-electron chi connectivity index (χ1n) is 6.77. The summed E-state index contributed by atoms with van der Waals surface area (Å²) < 4.78 is 0. The van der Waals surface area contributed by atoms with Crippen molar-refractivity contribution in [2.75, 3.05) is 0 Å². The minimum Gasteiger partial charge on any atom is -0.346 e. The Labute approximate surface area is 119 Å². The zero-order chi connectivity index (χ0) is 14.5. The number of carbonyl (C=O) groups excluding carboxylic acids is 1. The van der Waals surface area contributed by atoms with Crippen LogP contribution in [-0.2, 0) is 6.54 Å². The Morgan fingerprint density at radius 2 is 1.80 bits per heavy atom. The molecule has 0 bridgehead atoms. The second-order valence-electron chi connectivity index (χ2n) is 4.95. The van der Waals surface area contributed by atoms with E-state index < -0.39 is 0 Å². The van der Waals surface area contributed by atoms with Gasteiger partial charge in [-0.25, -0.2) is 0 Å². The van der Waals surface area contributed by atoms with E-state index in [1.54, 1.807) is 0 Å². The Hall–Kier alpha value is -2.13. The van der Waals surface area contributed by atoms with Gasteiger partial charge in [-0.3, -0.25) is 4.79 Å². The third-order valence-electron chi connectivity index (χ3n) is 3.45. The van der Waals surface area contributed by atoms with Crippen LogP contribution in [0.15, 0.2) is 48.5 Å². The number of amides is 1. The van der Waals surface area contributed by atoms with Gasteiger partial charge in [-0.1, -0.05) is 36.4 Å². The van der Waals surface area contributed by atoms with E-state index in [1.165, 1.54) is 5.56 Å². The van der Waals surface area contributed by atoms with Crippen molar-refractivity contribution in [3.05, 3.63) is 70.8 Å². The van der Waals surface area contributed by atoms with E-state index in [1.807, 2.05) is 62.4 Å². The first-order chi connectivity index (χ1) is 9.61. The van der Waals surface area contributed by atoms with Gasteiger partial charge in [0, 0.05) is 12.1 Å². The summed E-state index contributed by atoms with van der Waals surface area (Å²) >= 11 is 0. The molecule has 3 heteroatoms. The van der Waals surface area contributed by atoms with E-state index in [0.717, 1.165) is 11.1 Å². The van der Waals surface area contributed by atoms with Gasteiger partial charge in [0.15, 0.2) is 0 Å². The normalized spacial score (nSPS) is 11.9. The zero-order valence-corrected chi connectivity index (χ0v) is 11.9. The van der Waals surface area contributed by atoms with Crippen molar-refractivity contribution < 1.29 is 4.79 Å². The second-order valence-corrected chi connectivity index (χ2v) is 4.95. The van der Waals surface area contributed by atoms with Gasteiger partial charge in [0.05, 0.1) is 6.04 Å². The summed E-state index contributed by atoms with van der Waals surface area (Å²) in [5.41, 5.74) is 9.54. The predicted octanol–water partition coefficient (Wildman–Crippen LogP) is 2.94. The van der Waals surface area contributed by atoms with Crippen LogP contribution < -0.4 is 11.1 Å². The minimum absolute atomic E-state index is 0.0158. The van der Waals surface area contributed by atoms with E-state index in [9.17, 15) is 4.79 Å². The van der Waals surface area contributed by atoms with Crippen LogP contribution in [0.1, 0.15) is 40.0 Å². The summed E-state index contributed by atoms with van der Waals surface area (Å²) in [4.78, 5) is 12.2. The third kappa shape index (κ3) is 3.25. The first kappa shape index (κ1) is 14.3. The molecule has 3 N–H and O–H groups in total. The fraction of sp³-hybridized carbons (Fsp3) is 0.235. The van der Waals surface area contributed by atoms with Crippen LogP contribution in [0, 0.1) is 6.92 Å². The SMILES string of the molecule is Cc1ccccc1C(C)NC(=O)c1ccc(CN)cc1.